The monoisotopic (exact) mass is 311 g/mol. The zero-order valence-corrected chi connectivity index (χ0v) is 11.0. The molecule has 1 aromatic carbocycles. The lowest BCUT2D eigenvalue weighted by atomic mass is 10.1. The van der Waals surface area contributed by atoms with Crippen LogP contribution in [-0.4, -0.2) is 28.7 Å². The highest BCUT2D eigenvalue weighted by Crippen LogP contribution is 2.27. The number of rotatable bonds is 2. The lowest BCUT2D eigenvalue weighted by Crippen LogP contribution is -2.49. The molecule has 94 valence electrons. The van der Waals surface area contributed by atoms with Crippen molar-refractivity contribution in [1.82, 2.24) is 10.3 Å². The van der Waals surface area contributed by atoms with Gasteiger partial charge in [-0.1, -0.05) is 15.9 Å². The van der Waals surface area contributed by atoms with E-state index in [-0.39, 0.29) is 5.56 Å². The summed E-state index contributed by atoms with van der Waals surface area (Å²) in [7, 11) is 0. The second kappa shape index (κ2) is 4.51. The highest BCUT2D eigenvalue weighted by atomic mass is 79.9. The van der Waals surface area contributed by atoms with Gasteiger partial charge in [-0.05, 0) is 25.1 Å². The molecule has 0 fully saturated rings. The second-order valence-corrected chi connectivity index (χ2v) is 4.77. The topological polar surface area (TPSA) is 92.5 Å². The van der Waals surface area contributed by atoms with Crippen LogP contribution in [0.5, 0.6) is 0 Å². The second-order valence-electron chi connectivity index (χ2n) is 3.85. The van der Waals surface area contributed by atoms with Crippen molar-refractivity contribution in [1.29, 1.82) is 0 Å². The lowest BCUT2D eigenvalue weighted by molar-refractivity contribution is -0.124. The summed E-state index contributed by atoms with van der Waals surface area (Å²) < 4.78 is 0.695. The quantitative estimate of drug-likeness (QED) is 0.358. The molecule has 3 N–H and O–H groups in total. The number of hydrazine groups is 1. The minimum atomic E-state index is -0.943. The zero-order valence-electron chi connectivity index (χ0n) is 9.44. The molecule has 1 atom stereocenters. The third-order valence-corrected chi connectivity index (χ3v) is 3.28. The number of nitrogens with two attached hydrogens (primary N) is 1. The van der Waals surface area contributed by atoms with Crippen LogP contribution in [-0.2, 0) is 4.79 Å². The van der Waals surface area contributed by atoms with E-state index in [1.54, 1.807) is 18.2 Å². The highest BCUT2D eigenvalue weighted by Gasteiger charge is 2.40. The Morgan fingerprint density at radius 1 is 1.33 bits per heavy atom. The van der Waals surface area contributed by atoms with Crippen LogP contribution in [0.15, 0.2) is 22.7 Å². The Morgan fingerprint density at radius 2 is 1.94 bits per heavy atom. The molecule has 7 heteroatoms. The van der Waals surface area contributed by atoms with Crippen molar-refractivity contribution < 1.29 is 14.4 Å². The summed E-state index contributed by atoms with van der Waals surface area (Å²) in [6.07, 6.45) is 0. The Hall–Kier alpha value is -1.73. The van der Waals surface area contributed by atoms with Gasteiger partial charge in [0, 0.05) is 4.47 Å². The first-order valence-electron chi connectivity index (χ1n) is 5.15. The molecule has 0 aliphatic carbocycles. The molecule has 2 rings (SSSR count). The first-order valence-corrected chi connectivity index (χ1v) is 5.94. The Morgan fingerprint density at radius 3 is 2.56 bits per heavy atom. The van der Waals surface area contributed by atoms with Crippen LogP contribution in [0.1, 0.15) is 27.6 Å². The first kappa shape index (κ1) is 12.7. The van der Waals surface area contributed by atoms with E-state index < -0.39 is 23.8 Å². The molecule has 18 heavy (non-hydrogen) atoms. The highest BCUT2D eigenvalue weighted by molar-refractivity contribution is 9.10. The predicted molar refractivity (Wildman–Crippen MR) is 66.4 cm³/mol. The van der Waals surface area contributed by atoms with Gasteiger partial charge in [-0.15, -0.1) is 0 Å². The van der Waals surface area contributed by atoms with Crippen molar-refractivity contribution >= 4 is 33.7 Å². The summed E-state index contributed by atoms with van der Waals surface area (Å²) in [5.74, 6) is 3.43. The molecule has 0 bridgehead atoms. The normalized spacial score (nSPS) is 15.6. The molecule has 1 heterocycles. The number of nitrogens with one attached hydrogen (secondary N) is 1. The van der Waals surface area contributed by atoms with Gasteiger partial charge in [0.15, 0.2) is 0 Å². The zero-order chi connectivity index (χ0) is 13.4. The molecule has 6 nitrogen and oxygen atoms in total. The van der Waals surface area contributed by atoms with Gasteiger partial charge in [0.25, 0.3) is 17.7 Å². The number of amides is 3. The Balaban J connectivity index is 2.43. The molecular formula is C11H10BrN3O3. The fourth-order valence-electron chi connectivity index (χ4n) is 1.82. The van der Waals surface area contributed by atoms with Crippen molar-refractivity contribution in [3.63, 3.8) is 0 Å². The number of benzene rings is 1. The number of carbonyl (C=O) groups excluding carboxylic acids is 3. The van der Waals surface area contributed by atoms with Gasteiger partial charge in [0.05, 0.1) is 11.1 Å². The van der Waals surface area contributed by atoms with E-state index in [1.807, 2.05) is 5.43 Å². The van der Waals surface area contributed by atoms with Gasteiger partial charge < -0.3 is 0 Å². The maximum absolute atomic E-state index is 12.1. The Kier molecular flexibility index (Phi) is 3.18. The van der Waals surface area contributed by atoms with Crippen molar-refractivity contribution in [2.24, 2.45) is 5.84 Å². The molecule has 0 saturated heterocycles. The molecule has 0 radical (unpaired) electrons. The van der Waals surface area contributed by atoms with Gasteiger partial charge >= 0.3 is 0 Å². The van der Waals surface area contributed by atoms with Crippen LogP contribution < -0.4 is 11.3 Å². The smallest absolute Gasteiger partial charge is 0.262 e. The van der Waals surface area contributed by atoms with Crippen molar-refractivity contribution in [3.8, 4) is 0 Å². The molecule has 1 aliphatic heterocycles. The standard InChI is InChI=1S/C11H10BrN3O3/c1-5(9(16)14-13)15-10(17)7-3-2-6(12)4-8(7)11(15)18/h2-5H,13H2,1H3,(H,14,16). The summed E-state index contributed by atoms with van der Waals surface area (Å²) in [6, 6.07) is 3.83. The van der Waals surface area contributed by atoms with Gasteiger partial charge in [-0.3, -0.25) is 24.7 Å². The van der Waals surface area contributed by atoms with Crippen molar-refractivity contribution in [2.45, 2.75) is 13.0 Å². The third kappa shape index (κ3) is 1.81. The molecule has 0 aromatic heterocycles. The summed E-state index contributed by atoms with van der Waals surface area (Å²) in [6.45, 7) is 1.44. The average Bonchev–Trinajstić information content (AvgIpc) is 2.60. The van der Waals surface area contributed by atoms with E-state index in [1.165, 1.54) is 6.92 Å². The summed E-state index contributed by atoms with van der Waals surface area (Å²) in [5.41, 5.74) is 2.50. The SMILES string of the molecule is CC(C(=O)NN)N1C(=O)c2ccc(Br)cc2C1=O. The first-order chi connectivity index (χ1) is 8.47. The van der Waals surface area contributed by atoms with E-state index >= 15 is 0 Å². The average molecular weight is 312 g/mol. The molecule has 1 aromatic rings. The Labute approximate surface area is 111 Å². The summed E-state index contributed by atoms with van der Waals surface area (Å²) in [4.78, 5) is 36.5. The Bertz CT molecular complexity index is 558. The number of nitrogens with zero attached hydrogens (tertiary/aromatic N) is 1. The lowest BCUT2D eigenvalue weighted by Gasteiger charge is -2.20. The van der Waals surface area contributed by atoms with E-state index in [0.29, 0.717) is 10.0 Å². The van der Waals surface area contributed by atoms with Crippen LogP contribution in [0.3, 0.4) is 0 Å². The van der Waals surface area contributed by atoms with E-state index in [9.17, 15) is 14.4 Å². The summed E-state index contributed by atoms with van der Waals surface area (Å²) >= 11 is 3.23. The largest absolute Gasteiger partial charge is 0.292 e. The fourth-order valence-corrected chi connectivity index (χ4v) is 2.18. The fraction of sp³-hybridized carbons (Fsp3) is 0.182. The van der Waals surface area contributed by atoms with Crippen LogP contribution in [0, 0.1) is 0 Å². The van der Waals surface area contributed by atoms with E-state index in [0.717, 1.165) is 4.90 Å². The minimum Gasteiger partial charge on any atom is -0.292 e. The molecule has 0 saturated carbocycles. The van der Waals surface area contributed by atoms with Crippen molar-refractivity contribution in [3.05, 3.63) is 33.8 Å². The van der Waals surface area contributed by atoms with E-state index in [2.05, 4.69) is 15.9 Å². The van der Waals surface area contributed by atoms with Gasteiger partial charge in [-0.25, -0.2) is 5.84 Å². The molecule has 0 spiro atoms. The van der Waals surface area contributed by atoms with E-state index in [4.69, 9.17) is 5.84 Å². The van der Waals surface area contributed by atoms with Crippen molar-refractivity contribution in [2.75, 3.05) is 0 Å². The number of fused-ring (bicyclic) bond motifs is 1. The van der Waals surface area contributed by atoms with Crippen LogP contribution in [0.4, 0.5) is 0 Å². The van der Waals surface area contributed by atoms with Gasteiger partial charge in [0.1, 0.15) is 6.04 Å². The number of hydrogen-bond acceptors (Lipinski definition) is 4. The van der Waals surface area contributed by atoms with Crippen LogP contribution in [0.25, 0.3) is 0 Å². The summed E-state index contributed by atoms with van der Waals surface area (Å²) in [5, 5.41) is 0. The maximum Gasteiger partial charge on any atom is 0.262 e. The maximum atomic E-state index is 12.1. The van der Waals surface area contributed by atoms with Gasteiger partial charge in [0.2, 0.25) is 0 Å². The van der Waals surface area contributed by atoms with Crippen LogP contribution >= 0.6 is 15.9 Å². The number of carbonyl (C=O) groups is 3. The van der Waals surface area contributed by atoms with Gasteiger partial charge in [-0.2, -0.15) is 0 Å². The number of imide groups is 1. The number of halogens is 1. The third-order valence-electron chi connectivity index (χ3n) is 2.79. The number of hydrogen-bond donors (Lipinski definition) is 2. The minimum absolute atomic E-state index is 0.283. The van der Waals surface area contributed by atoms with Crippen LogP contribution in [0.2, 0.25) is 0 Å². The predicted octanol–water partition coefficient (Wildman–Crippen LogP) is 0.424. The molecular weight excluding hydrogens is 302 g/mol. The molecule has 3 amide bonds. The molecule has 1 unspecified atom stereocenters. The molecule has 1 aliphatic rings.